The van der Waals surface area contributed by atoms with Gasteiger partial charge in [-0.25, -0.2) is 0 Å². The maximum absolute atomic E-state index is 11.3. The lowest BCUT2D eigenvalue weighted by Gasteiger charge is -2.33. The predicted molar refractivity (Wildman–Crippen MR) is 71.7 cm³/mol. The Kier molecular flexibility index (Phi) is 4.28. The molecule has 3 atom stereocenters. The minimum absolute atomic E-state index is 0.293. The van der Waals surface area contributed by atoms with Crippen LogP contribution >= 0.6 is 0 Å². The third kappa shape index (κ3) is 2.54. The van der Waals surface area contributed by atoms with Crippen LogP contribution in [0.25, 0.3) is 0 Å². The lowest BCUT2D eigenvalue weighted by Crippen LogP contribution is -2.47. The van der Waals surface area contributed by atoms with Gasteiger partial charge >= 0.3 is 5.97 Å². The van der Waals surface area contributed by atoms with Gasteiger partial charge in [-0.3, -0.25) is 14.6 Å². The van der Waals surface area contributed by atoms with E-state index in [0.717, 1.165) is 19.5 Å². The smallest absolute Gasteiger partial charge is 0.320 e. The Labute approximate surface area is 110 Å². The van der Waals surface area contributed by atoms with Gasteiger partial charge < -0.3 is 5.11 Å². The van der Waals surface area contributed by atoms with Gasteiger partial charge in [-0.2, -0.15) is 0 Å². The number of carboxylic acids is 1. The van der Waals surface area contributed by atoms with E-state index in [0.29, 0.717) is 24.5 Å². The Hall–Kier alpha value is -0.610. The van der Waals surface area contributed by atoms with Crippen molar-refractivity contribution >= 4 is 5.97 Å². The van der Waals surface area contributed by atoms with Gasteiger partial charge in [-0.1, -0.05) is 6.92 Å². The first-order valence-corrected chi connectivity index (χ1v) is 7.28. The molecule has 0 spiro atoms. The lowest BCUT2D eigenvalue weighted by molar-refractivity contribution is -0.143. The van der Waals surface area contributed by atoms with Crippen molar-refractivity contribution in [2.24, 2.45) is 0 Å². The SMILES string of the molecule is CCC(C(=O)O)N1CCC2CCC(C1)N2C(C)C. The number of hydrogen-bond acceptors (Lipinski definition) is 3. The molecule has 0 saturated carbocycles. The van der Waals surface area contributed by atoms with E-state index in [-0.39, 0.29) is 6.04 Å². The second kappa shape index (κ2) is 5.57. The third-order valence-electron chi connectivity index (χ3n) is 4.58. The molecular weight excluding hydrogens is 228 g/mol. The molecule has 0 radical (unpaired) electrons. The van der Waals surface area contributed by atoms with E-state index in [9.17, 15) is 9.90 Å². The van der Waals surface area contributed by atoms with Crippen molar-refractivity contribution in [2.45, 2.75) is 70.6 Å². The summed E-state index contributed by atoms with van der Waals surface area (Å²) in [6.07, 6.45) is 4.35. The normalized spacial score (nSPS) is 31.6. The number of fused-ring (bicyclic) bond motifs is 2. The van der Waals surface area contributed by atoms with Gasteiger partial charge in [-0.05, 0) is 39.5 Å². The first-order valence-electron chi connectivity index (χ1n) is 7.28. The highest BCUT2D eigenvalue weighted by atomic mass is 16.4. The summed E-state index contributed by atoms with van der Waals surface area (Å²) in [5.74, 6) is -0.661. The Morgan fingerprint density at radius 2 is 1.94 bits per heavy atom. The molecule has 0 aromatic rings. The van der Waals surface area contributed by atoms with Crippen molar-refractivity contribution in [3.63, 3.8) is 0 Å². The number of hydrogen-bond donors (Lipinski definition) is 1. The summed E-state index contributed by atoms with van der Waals surface area (Å²) in [5, 5.41) is 9.31. The van der Waals surface area contributed by atoms with Gasteiger partial charge in [0.1, 0.15) is 6.04 Å². The van der Waals surface area contributed by atoms with Crippen LogP contribution in [-0.4, -0.2) is 58.1 Å². The van der Waals surface area contributed by atoms with E-state index in [2.05, 4.69) is 23.6 Å². The molecule has 2 saturated heterocycles. The average Bonchev–Trinajstić information content (AvgIpc) is 2.57. The largest absolute Gasteiger partial charge is 0.480 e. The van der Waals surface area contributed by atoms with E-state index in [1.165, 1.54) is 12.8 Å². The van der Waals surface area contributed by atoms with Crippen LogP contribution in [0.1, 0.15) is 46.5 Å². The molecule has 3 unspecified atom stereocenters. The highest BCUT2D eigenvalue weighted by molar-refractivity contribution is 5.73. The summed E-state index contributed by atoms with van der Waals surface area (Å²) in [4.78, 5) is 16.1. The van der Waals surface area contributed by atoms with Gasteiger partial charge in [-0.15, -0.1) is 0 Å². The van der Waals surface area contributed by atoms with Crippen molar-refractivity contribution in [1.29, 1.82) is 0 Å². The van der Waals surface area contributed by atoms with E-state index >= 15 is 0 Å². The van der Waals surface area contributed by atoms with Crippen LogP contribution in [0.2, 0.25) is 0 Å². The molecule has 2 fully saturated rings. The van der Waals surface area contributed by atoms with Gasteiger partial charge in [0.25, 0.3) is 0 Å². The Balaban J connectivity index is 2.09. The Morgan fingerprint density at radius 1 is 1.28 bits per heavy atom. The molecule has 4 heteroatoms. The zero-order valence-corrected chi connectivity index (χ0v) is 11.8. The summed E-state index contributed by atoms with van der Waals surface area (Å²) in [6, 6.07) is 1.52. The molecule has 2 heterocycles. The molecule has 2 aliphatic heterocycles. The second-order valence-corrected chi connectivity index (χ2v) is 5.97. The first kappa shape index (κ1) is 13.8. The fourth-order valence-corrected chi connectivity index (χ4v) is 3.85. The molecule has 4 nitrogen and oxygen atoms in total. The van der Waals surface area contributed by atoms with Crippen molar-refractivity contribution in [1.82, 2.24) is 9.80 Å². The molecule has 0 aromatic carbocycles. The molecule has 18 heavy (non-hydrogen) atoms. The van der Waals surface area contributed by atoms with E-state index < -0.39 is 5.97 Å². The number of aliphatic carboxylic acids is 1. The van der Waals surface area contributed by atoms with Gasteiger partial charge in [0.15, 0.2) is 0 Å². The number of rotatable bonds is 4. The quantitative estimate of drug-likeness (QED) is 0.831. The molecule has 2 bridgehead atoms. The zero-order chi connectivity index (χ0) is 13.3. The molecule has 2 rings (SSSR count). The lowest BCUT2D eigenvalue weighted by atomic mass is 10.1. The van der Waals surface area contributed by atoms with Crippen LogP contribution in [-0.2, 0) is 4.79 Å². The van der Waals surface area contributed by atoms with Crippen molar-refractivity contribution in [3.05, 3.63) is 0 Å². The van der Waals surface area contributed by atoms with Crippen molar-refractivity contribution in [2.75, 3.05) is 13.1 Å². The van der Waals surface area contributed by atoms with Crippen LogP contribution in [0.4, 0.5) is 0 Å². The van der Waals surface area contributed by atoms with Crippen LogP contribution in [0.5, 0.6) is 0 Å². The Bertz CT molecular complexity index is 306. The second-order valence-electron chi connectivity index (χ2n) is 5.97. The molecule has 0 aliphatic carbocycles. The number of nitrogens with zero attached hydrogens (tertiary/aromatic N) is 2. The fraction of sp³-hybridized carbons (Fsp3) is 0.929. The fourth-order valence-electron chi connectivity index (χ4n) is 3.85. The zero-order valence-electron chi connectivity index (χ0n) is 11.8. The van der Waals surface area contributed by atoms with Crippen LogP contribution < -0.4 is 0 Å². The number of carboxylic acid groups (broad SMARTS) is 1. The minimum Gasteiger partial charge on any atom is -0.480 e. The van der Waals surface area contributed by atoms with Crippen LogP contribution in [0.15, 0.2) is 0 Å². The highest BCUT2D eigenvalue weighted by Gasteiger charge is 2.40. The van der Waals surface area contributed by atoms with E-state index in [1.807, 2.05) is 6.92 Å². The van der Waals surface area contributed by atoms with Gasteiger partial charge in [0.05, 0.1) is 0 Å². The number of likely N-dealkylation sites (tertiary alicyclic amines) is 1. The minimum atomic E-state index is -0.661. The maximum Gasteiger partial charge on any atom is 0.320 e. The standard InChI is InChI=1S/C14H26N2O2/c1-4-13(14(17)18)15-8-7-11-5-6-12(9-15)16(11)10(2)3/h10-13H,4-9H2,1-3H3,(H,17,18). The molecule has 104 valence electrons. The van der Waals surface area contributed by atoms with Gasteiger partial charge in [0, 0.05) is 31.2 Å². The summed E-state index contributed by atoms with van der Waals surface area (Å²) < 4.78 is 0. The average molecular weight is 254 g/mol. The third-order valence-corrected chi connectivity index (χ3v) is 4.58. The van der Waals surface area contributed by atoms with Crippen LogP contribution in [0, 0.1) is 0 Å². The summed E-state index contributed by atoms with van der Waals surface area (Å²) >= 11 is 0. The molecule has 0 amide bonds. The highest BCUT2D eigenvalue weighted by Crippen LogP contribution is 2.32. The van der Waals surface area contributed by atoms with Crippen molar-refractivity contribution in [3.8, 4) is 0 Å². The van der Waals surface area contributed by atoms with Crippen molar-refractivity contribution < 1.29 is 9.90 Å². The summed E-state index contributed by atoms with van der Waals surface area (Å²) in [5.41, 5.74) is 0. The molecule has 0 aromatic heterocycles. The van der Waals surface area contributed by atoms with E-state index in [4.69, 9.17) is 0 Å². The molecule has 1 N–H and O–H groups in total. The summed E-state index contributed by atoms with van der Waals surface area (Å²) in [7, 11) is 0. The first-order chi connectivity index (χ1) is 8.54. The topological polar surface area (TPSA) is 43.8 Å². The number of carbonyl (C=O) groups is 1. The van der Waals surface area contributed by atoms with Gasteiger partial charge in [0.2, 0.25) is 0 Å². The summed E-state index contributed by atoms with van der Waals surface area (Å²) in [6.45, 7) is 8.36. The van der Waals surface area contributed by atoms with Crippen LogP contribution in [0.3, 0.4) is 0 Å². The molecular formula is C14H26N2O2. The Morgan fingerprint density at radius 3 is 2.50 bits per heavy atom. The predicted octanol–water partition coefficient (Wildman–Crippen LogP) is 1.80. The monoisotopic (exact) mass is 254 g/mol. The molecule has 2 aliphatic rings. The van der Waals surface area contributed by atoms with E-state index in [1.54, 1.807) is 0 Å². The maximum atomic E-state index is 11.3.